The maximum absolute atomic E-state index is 13.7. The molecular formula is C34H30N4O3S. The van der Waals surface area contributed by atoms with Crippen LogP contribution < -0.4 is 19.9 Å². The van der Waals surface area contributed by atoms with Gasteiger partial charge in [-0.2, -0.15) is 0 Å². The lowest BCUT2D eigenvalue weighted by Gasteiger charge is -2.37. The molecule has 0 aromatic heterocycles. The second kappa shape index (κ2) is 12.4. The lowest BCUT2D eigenvalue weighted by molar-refractivity contribution is -0.122. The highest BCUT2D eigenvalue weighted by atomic mass is 32.1. The van der Waals surface area contributed by atoms with E-state index in [2.05, 4.69) is 39.4 Å². The van der Waals surface area contributed by atoms with Gasteiger partial charge in [0.05, 0.1) is 5.69 Å². The monoisotopic (exact) mass is 574 g/mol. The van der Waals surface area contributed by atoms with Crippen molar-refractivity contribution in [3.8, 4) is 11.5 Å². The van der Waals surface area contributed by atoms with Crippen LogP contribution in [0.15, 0.2) is 115 Å². The fraction of sp³-hybridized carbons (Fsp3) is 0.147. The first-order valence-electron chi connectivity index (χ1n) is 13.9. The molecule has 0 spiro atoms. The Kier molecular flexibility index (Phi) is 8.07. The van der Waals surface area contributed by atoms with Gasteiger partial charge < -0.3 is 9.64 Å². The van der Waals surface area contributed by atoms with E-state index in [9.17, 15) is 9.59 Å². The molecule has 7 nitrogen and oxygen atoms in total. The van der Waals surface area contributed by atoms with Gasteiger partial charge in [-0.05, 0) is 71.9 Å². The molecule has 4 aromatic rings. The topological polar surface area (TPSA) is 65.1 Å². The number of thiocarbonyl (C=S) groups is 1. The van der Waals surface area contributed by atoms with Gasteiger partial charge in [0.15, 0.2) is 5.11 Å². The predicted molar refractivity (Wildman–Crippen MR) is 170 cm³/mol. The van der Waals surface area contributed by atoms with Gasteiger partial charge >= 0.3 is 0 Å². The Labute approximate surface area is 250 Å². The van der Waals surface area contributed by atoms with Crippen molar-refractivity contribution in [2.75, 3.05) is 36.0 Å². The first kappa shape index (κ1) is 27.4. The number of anilines is 2. The van der Waals surface area contributed by atoms with Crippen LogP contribution in [-0.4, -0.2) is 48.0 Å². The molecule has 2 heterocycles. The molecule has 8 heteroatoms. The predicted octanol–water partition coefficient (Wildman–Crippen LogP) is 5.63. The van der Waals surface area contributed by atoms with Gasteiger partial charge in [-0.3, -0.25) is 24.7 Å². The van der Waals surface area contributed by atoms with Crippen molar-refractivity contribution in [3.05, 3.63) is 126 Å². The van der Waals surface area contributed by atoms with E-state index in [-0.39, 0.29) is 10.7 Å². The van der Waals surface area contributed by atoms with Gasteiger partial charge in [0.25, 0.3) is 11.8 Å². The van der Waals surface area contributed by atoms with Crippen LogP contribution in [0.5, 0.6) is 11.5 Å². The second-order valence-corrected chi connectivity index (χ2v) is 10.6. The minimum atomic E-state index is -0.507. The molecule has 2 saturated heterocycles. The fourth-order valence-corrected chi connectivity index (χ4v) is 5.50. The number of benzene rings is 4. The Morgan fingerprint density at radius 3 is 2.07 bits per heavy atom. The molecule has 0 atom stereocenters. The Balaban J connectivity index is 1.19. The number of nitrogens with one attached hydrogen (secondary N) is 1. The van der Waals surface area contributed by atoms with E-state index in [0.29, 0.717) is 17.2 Å². The summed E-state index contributed by atoms with van der Waals surface area (Å²) >= 11 is 5.41. The molecule has 42 heavy (non-hydrogen) atoms. The van der Waals surface area contributed by atoms with Crippen LogP contribution in [0.1, 0.15) is 11.1 Å². The smallest absolute Gasteiger partial charge is 0.270 e. The molecule has 2 fully saturated rings. The average Bonchev–Trinajstić information content (AvgIpc) is 3.02. The van der Waals surface area contributed by atoms with Gasteiger partial charge in [-0.15, -0.1) is 0 Å². The third-order valence-corrected chi connectivity index (χ3v) is 7.66. The van der Waals surface area contributed by atoms with Crippen LogP contribution in [0.25, 0.3) is 6.08 Å². The van der Waals surface area contributed by atoms with E-state index in [1.807, 2.05) is 60.7 Å². The molecule has 2 aliphatic rings. The summed E-state index contributed by atoms with van der Waals surface area (Å²) < 4.78 is 5.87. The van der Waals surface area contributed by atoms with Crippen molar-refractivity contribution in [3.63, 3.8) is 0 Å². The summed E-state index contributed by atoms with van der Waals surface area (Å²) in [5.74, 6) is 0.359. The molecule has 2 amide bonds. The summed E-state index contributed by atoms with van der Waals surface area (Å²) in [6, 6.07) is 34.9. The zero-order chi connectivity index (χ0) is 28.9. The van der Waals surface area contributed by atoms with Crippen molar-refractivity contribution in [1.29, 1.82) is 0 Å². The first-order chi connectivity index (χ1) is 20.5. The number of carbonyl (C=O) groups excluding carboxylic acids is 2. The molecule has 0 radical (unpaired) electrons. The van der Waals surface area contributed by atoms with Crippen LogP contribution in [0, 0.1) is 0 Å². The van der Waals surface area contributed by atoms with Gasteiger partial charge in [-0.25, -0.2) is 0 Å². The zero-order valence-electron chi connectivity index (χ0n) is 23.0. The average molecular weight is 575 g/mol. The third kappa shape index (κ3) is 6.10. The highest BCUT2D eigenvalue weighted by Gasteiger charge is 2.35. The van der Waals surface area contributed by atoms with Gasteiger partial charge in [-0.1, -0.05) is 66.7 Å². The SMILES string of the molecule is O=C1NC(=S)N(c2ccc(Oc3ccccc3)cc2)C(=O)/C1=C/c1ccccc1N1CCN(Cc2ccccc2)CC1. The van der Waals surface area contributed by atoms with Crippen LogP contribution >= 0.6 is 12.2 Å². The number of rotatable bonds is 7. The molecule has 0 saturated carbocycles. The van der Waals surface area contributed by atoms with E-state index >= 15 is 0 Å². The standard InChI is InChI=1S/C34H30N4O3S/c39-32-30(33(40)38(34(42)35-32)27-15-17-29(18-16-27)41-28-12-5-2-6-13-28)23-26-11-7-8-14-31(26)37-21-19-36(20-22-37)24-25-9-3-1-4-10-25/h1-18,23H,19-22,24H2,(H,35,39,42)/b30-23+. The molecule has 2 aliphatic heterocycles. The Morgan fingerprint density at radius 2 is 1.36 bits per heavy atom. The van der Waals surface area contributed by atoms with E-state index in [1.54, 1.807) is 30.3 Å². The number of hydrogen-bond acceptors (Lipinski definition) is 6. The normalized spacial score (nSPS) is 17.0. The summed E-state index contributed by atoms with van der Waals surface area (Å²) in [4.78, 5) is 32.8. The maximum Gasteiger partial charge on any atom is 0.270 e. The van der Waals surface area contributed by atoms with Gasteiger partial charge in [0.2, 0.25) is 0 Å². The summed E-state index contributed by atoms with van der Waals surface area (Å²) in [5.41, 5.74) is 3.68. The quantitative estimate of drug-likeness (QED) is 0.175. The number of amides is 2. The fourth-order valence-electron chi connectivity index (χ4n) is 5.22. The molecule has 0 unspecified atom stereocenters. The zero-order valence-corrected chi connectivity index (χ0v) is 23.8. The third-order valence-electron chi connectivity index (χ3n) is 7.37. The number of ether oxygens (including phenoxy) is 1. The van der Waals surface area contributed by atoms with Crippen molar-refractivity contribution in [2.45, 2.75) is 6.54 Å². The van der Waals surface area contributed by atoms with Crippen molar-refractivity contribution >= 4 is 46.6 Å². The summed E-state index contributed by atoms with van der Waals surface area (Å²) in [5, 5.41) is 2.73. The molecule has 4 aromatic carbocycles. The van der Waals surface area contributed by atoms with Crippen molar-refractivity contribution < 1.29 is 14.3 Å². The molecule has 210 valence electrons. The number of carbonyl (C=O) groups is 2. The number of piperazine rings is 1. The van der Waals surface area contributed by atoms with Gasteiger partial charge in [0.1, 0.15) is 17.1 Å². The van der Waals surface area contributed by atoms with Crippen LogP contribution in [0.3, 0.4) is 0 Å². The second-order valence-electron chi connectivity index (χ2n) is 10.2. The lowest BCUT2D eigenvalue weighted by Crippen LogP contribution is -2.54. The van der Waals surface area contributed by atoms with E-state index < -0.39 is 11.8 Å². The van der Waals surface area contributed by atoms with E-state index in [0.717, 1.165) is 44.0 Å². The van der Waals surface area contributed by atoms with Crippen LogP contribution in [0.4, 0.5) is 11.4 Å². The Hall–Kier alpha value is -4.79. The van der Waals surface area contributed by atoms with Crippen molar-refractivity contribution in [2.24, 2.45) is 0 Å². The summed E-state index contributed by atoms with van der Waals surface area (Å²) in [6.45, 7) is 4.46. The Morgan fingerprint density at radius 1 is 0.738 bits per heavy atom. The minimum Gasteiger partial charge on any atom is -0.457 e. The van der Waals surface area contributed by atoms with Crippen LogP contribution in [0.2, 0.25) is 0 Å². The maximum atomic E-state index is 13.7. The lowest BCUT2D eigenvalue weighted by atomic mass is 10.0. The van der Waals surface area contributed by atoms with E-state index in [4.69, 9.17) is 17.0 Å². The summed E-state index contributed by atoms with van der Waals surface area (Å²) in [7, 11) is 0. The largest absolute Gasteiger partial charge is 0.457 e. The van der Waals surface area contributed by atoms with Gasteiger partial charge in [0, 0.05) is 38.4 Å². The molecule has 1 N–H and O–H groups in total. The van der Waals surface area contributed by atoms with E-state index in [1.165, 1.54) is 10.5 Å². The number of nitrogens with zero attached hydrogens (tertiary/aromatic N) is 3. The first-order valence-corrected chi connectivity index (χ1v) is 14.3. The number of hydrogen-bond donors (Lipinski definition) is 1. The molecule has 0 aliphatic carbocycles. The highest BCUT2D eigenvalue weighted by molar-refractivity contribution is 7.80. The number of para-hydroxylation sites is 2. The highest BCUT2D eigenvalue weighted by Crippen LogP contribution is 2.29. The molecule has 6 rings (SSSR count). The van der Waals surface area contributed by atoms with Crippen molar-refractivity contribution in [1.82, 2.24) is 10.2 Å². The summed E-state index contributed by atoms with van der Waals surface area (Å²) in [6.07, 6.45) is 1.67. The molecule has 0 bridgehead atoms. The van der Waals surface area contributed by atoms with Crippen LogP contribution in [-0.2, 0) is 16.1 Å². The minimum absolute atomic E-state index is 0.0309. The molecular weight excluding hydrogens is 544 g/mol. The Bertz CT molecular complexity index is 1620.